The molecule has 3 atom stereocenters. The Kier molecular flexibility index (Phi) is 12.1. The first-order chi connectivity index (χ1) is 23.3. The summed E-state index contributed by atoms with van der Waals surface area (Å²) in [5.41, 5.74) is 1.50. The summed E-state index contributed by atoms with van der Waals surface area (Å²) < 4.78 is 7.23. The number of amides is 4. The van der Waals surface area contributed by atoms with Crippen molar-refractivity contribution < 1.29 is 29.0 Å². The minimum Gasteiger partial charge on any atom is -0.492 e. The fourth-order valence-corrected chi connectivity index (χ4v) is 6.14. The van der Waals surface area contributed by atoms with Crippen molar-refractivity contribution in [3.63, 3.8) is 0 Å². The van der Waals surface area contributed by atoms with Gasteiger partial charge >= 0.3 is 0 Å². The number of aliphatic hydroxyl groups is 1. The van der Waals surface area contributed by atoms with E-state index < -0.39 is 36.5 Å². The van der Waals surface area contributed by atoms with Crippen LogP contribution in [0.2, 0.25) is 0 Å². The molecule has 1 saturated carbocycles. The van der Waals surface area contributed by atoms with Crippen LogP contribution in [0, 0.1) is 5.92 Å². The number of ether oxygens (including phenoxy) is 1. The molecule has 6 rings (SSSR count). The Balaban J connectivity index is 1.36. The van der Waals surface area contributed by atoms with Crippen molar-refractivity contribution in [1.82, 2.24) is 36.0 Å². The number of carbonyl (C=O) groups excluding carboxylic acids is 4. The highest BCUT2D eigenvalue weighted by Crippen LogP contribution is 2.27. The molecule has 0 saturated heterocycles. The van der Waals surface area contributed by atoms with E-state index in [2.05, 4.69) is 31.3 Å². The Morgan fingerprint density at radius 1 is 1.00 bits per heavy atom. The van der Waals surface area contributed by atoms with Gasteiger partial charge in [-0.3, -0.25) is 19.2 Å². The number of aromatic nitrogens is 3. The van der Waals surface area contributed by atoms with Crippen molar-refractivity contribution >= 4 is 23.6 Å². The van der Waals surface area contributed by atoms with E-state index in [0.29, 0.717) is 29.7 Å². The van der Waals surface area contributed by atoms with E-state index in [0.717, 1.165) is 30.4 Å². The summed E-state index contributed by atoms with van der Waals surface area (Å²) in [4.78, 5) is 57.6. The summed E-state index contributed by atoms with van der Waals surface area (Å²) in [6, 6.07) is 13.3. The normalized spacial score (nSPS) is 21.6. The molecule has 1 aliphatic carbocycles. The Morgan fingerprint density at radius 2 is 1.75 bits per heavy atom. The Labute approximate surface area is 280 Å². The maximum atomic E-state index is 13.6. The zero-order valence-electron chi connectivity index (χ0n) is 27.3. The third kappa shape index (κ3) is 9.63. The lowest BCUT2D eigenvalue weighted by Gasteiger charge is -2.24. The molecule has 5 N–H and O–H groups in total. The minimum absolute atomic E-state index is 0.160. The number of nitrogens with zero attached hydrogens (tertiary/aromatic N) is 3. The molecule has 3 aromatic rings. The van der Waals surface area contributed by atoms with Gasteiger partial charge in [0.05, 0.1) is 19.2 Å². The summed E-state index contributed by atoms with van der Waals surface area (Å²) in [5, 5.41) is 25.8. The smallest absolute Gasteiger partial charge is 0.245 e. The second kappa shape index (κ2) is 16.9. The number of aliphatic hydroxyl groups excluding tert-OH is 1. The van der Waals surface area contributed by atoms with Gasteiger partial charge in [-0.05, 0) is 37.0 Å². The lowest BCUT2D eigenvalue weighted by atomic mass is 9.86. The summed E-state index contributed by atoms with van der Waals surface area (Å²) in [5.74, 6) is -0.0221. The molecule has 4 amide bonds. The van der Waals surface area contributed by atoms with E-state index in [1.54, 1.807) is 31.2 Å². The SMILES string of the molecule is C[C@@H]1NC(=O)[C@H](CO)NC(=O)[C@@H](NC(=O)CCC2CCCCC2)Cc2ccc(cc2)OCCNC(=O)Cn2nc(-c3ccccc3)nc21. The van der Waals surface area contributed by atoms with Gasteiger partial charge in [0.25, 0.3) is 0 Å². The summed E-state index contributed by atoms with van der Waals surface area (Å²) in [6.07, 6.45) is 7.08. The van der Waals surface area contributed by atoms with Crippen LogP contribution in [0.25, 0.3) is 11.4 Å². The van der Waals surface area contributed by atoms with E-state index in [1.807, 2.05) is 30.3 Å². The highest BCUT2D eigenvalue weighted by molar-refractivity contribution is 5.92. The molecular formula is C35H45N7O6. The van der Waals surface area contributed by atoms with E-state index in [-0.39, 0.29) is 37.9 Å². The van der Waals surface area contributed by atoms with Crippen molar-refractivity contribution in [3.8, 4) is 17.1 Å². The number of hydrogen-bond donors (Lipinski definition) is 5. The van der Waals surface area contributed by atoms with Gasteiger partial charge in [0.1, 0.15) is 36.8 Å². The van der Waals surface area contributed by atoms with Gasteiger partial charge in [0.15, 0.2) is 5.82 Å². The molecule has 3 aliphatic rings. The number of carbonyl (C=O) groups is 4. The molecule has 2 bridgehead atoms. The third-order valence-electron chi connectivity index (χ3n) is 8.80. The van der Waals surface area contributed by atoms with Gasteiger partial charge in [-0.1, -0.05) is 74.6 Å². The van der Waals surface area contributed by atoms with Crippen molar-refractivity contribution in [2.75, 3.05) is 19.8 Å². The van der Waals surface area contributed by atoms with Crippen molar-refractivity contribution in [2.24, 2.45) is 5.92 Å². The predicted molar refractivity (Wildman–Crippen MR) is 177 cm³/mol. The molecule has 2 aliphatic heterocycles. The summed E-state index contributed by atoms with van der Waals surface area (Å²) in [7, 11) is 0. The topological polar surface area (TPSA) is 177 Å². The summed E-state index contributed by atoms with van der Waals surface area (Å²) >= 11 is 0. The van der Waals surface area contributed by atoms with E-state index in [1.165, 1.54) is 23.9 Å². The Hall–Kier alpha value is -4.78. The van der Waals surface area contributed by atoms with Gasteiger partial charge in [-0.25, -0.2) is 9.67 Å². The average Bonchev–Trinajstić information content (AvgIpc) is 3.52. The molecule has 1 aromatic heterocycles. The number of benzene rings is 2. The zero-order chi connectivity index (χ0) is 33.9. The van der Waals surface area contributed by atoms with Crippen LogP contribution in [0.5, 0.6) is 5.75 Å². The van der Waals surface area contributed by atoms with Gasteiger partial charge in [0, 0.05) is 18.4 Å². The van der Waals surface area contributed by atoms with E-state index in [4.69, 9.17) is 4.74 Å². The fourth-order valence-electron chi connectivity index (χ4n) is 6.14. The first kappa shape index (κ1) is 34.6. The Morgan fingerprint density at radius 3 is 2.48 bits per heavy atom. The van der Waals surface area contributed by atoms with Crippen LogP contribution in [0.3, 0.4) is 0 Å². The monoisotopic (exact) mass is 659 g/mol. The maximum absolute atomic E-state index is 13.6. The first-order valence-corrected chi connectivity index (χ1v) is 16.8. The second-order valence-corrected chi connectivity index (χ2v) is 12.5. The van der Waals surface area contributed by atoms with Crippen molar-refractivity contribution in [3.05, 3.63) is 66.0 Å². The van der Waals surface area contributed by atoms with Gasteiger partial charge in [-0.2, -0.15) is 5.10 Å². The molecule has 256 valence electrons. The first-order valence-electron chi connectivity index (χ1n) is 16.8. The molecule has 13 heteroatoms. The lowest BCUT2D eigenvalue weighted by molar-refractivity contribution is -0.133. The van der Waals surface area contributed by atoms with Gasteiger partial charge in [-0.15, -0.1) is 0 Å². The van der Waals surface area contributed by atoms with Crippen LogP contribution >= 0.6 is 0 Å². The number of fused-ring (bicyclic) bond motifs is 14. The molecule has 0 radical (unpaired) electrons. The lowest BCUT2D eigenvalue weighted by Crippen LogP contribution is -2.55. The average molecular weight is 660 g/mol. The number of hydrogen-bond acceptors (Lipinski definition) is 8. The van der Waals surface area contributed by atoms with Crippen LogP contribution in [0.1, 0.15) is 69.3 Å². The molecule has 2 aromatic carbocycles. The highest BCUT2D eigenvalue weighted by Gasteiger charge is 2.29. The van der Waals surface area contributed by atoms with E-state index in [9.17, 15) is 24.3 Å². The Bertz CT molecular complexity index is 1540. The summed E-state index contributed by atoms with van der Waals surface area (Å²) in [6.45, 7) is 1.31. The number of nitrogens with one attached hydrogen (secondary N) is 4. The maximum Gasteiger partial charge on any atom is 0.245 e. The van der Waals surface area contributed by atoms with Crippen LogP contribution in [0.4, 0.5) is 0 Å². The van der Waals surface area contributed by atoms with Gasteiger partial charge in [0.2, 0.25) is 23.6 Å². The molecule has 3 heterocycles. The van der Waals surface area contributed by atoms with Gasteiger partial charge < -0.3 is 31.1 Å². The molecule has 13 nitrogen and oxygen atoms in total. The molecule has 48 heavy (non-hydrogen) atoms. The standard InChI is InChI=1S/C35H45N7O6/c1-23-33-40-32(26-10-6-3-7-11-26)41-42(33)21-31(45)36-18-19-48-27-15-12-25(13-16-27)20-28(34(46)39-29(22-43)35(47)37-23)38-30(44)17-14-24-8-4-2-5-9-24/h3,6-7,10-13,15-16,23-24,28-29,43H,2,4-5,8-9,14,17-22H2,1H3,(H,36,45)(H,37,47)(H,38,44)(H,39,46)/t23-,28-,29-/m0/s1. The second-order valence-electron chi connectivity index (χ2n) is 12.5. The largest absolute Gasteiger partial charge is 0.492 e. The minimum atomic E-state index is -1.31. The molecule has 0 spiro atoms. The predicted octanol–water partition coefficient (Wildman–Crippen LogP) is 2.20. The molecular weight excluding hydrogens is 614 g/mol. The molecule has 1 fully saturated rings. The van der Waals surface area contributed by atoms with Crippen LogP contribution < -0.4 is 26.0 Å². The molecule has 0 unspecified atom stereocenters. The van der Waals surface area contributed by atoms with E-state index >= 15 is 0 Å². The fraction of sp³-hybridized carbons (Fsp3) is 0.486. The van der Waals surface area contributed by atoms with Crippen LogP contribution in [0.15, 0.2) is 54.6 Å². The van der Waals surface area contributed by atoms with Crippen LogP contribution in [-0.2, 0) is 32.1 Å². The third-order valence-corrected chi connectivity index (χ3v) is 8.80. The zero-order valence-corrected chi connectivity index (χ0v) is 27.3. The highest BCUT2D eigenvalue weighted by atomic mass is 16.5. The number of rotatable bonds is 6. The quantitative estimate of drug-likeness (QED) is 0.268. The van der Waals surface area contributed by atoms with Crippen LogP contribution in [-0.4, -0.2) is 75.3 Å². The van der Waals surface area contributed by atoms with Crippen molar-refractivity contribution in [1.29, 1.82) is 0 Å². The van der Waals surface area contributed by atoms with Crippen molar-refractivity contribution in [2.45, 2.75) is 83.0 Å².